The zero-order valence-electron chi connectivity index (χ0n) is 11.7. The minimum absolute atomic E-state index is 0.0747. The fourth-order valence-electron chi connectivity index (χ4n) is 2.34. The van der Waals surface area contributed by atoms with E-state index in [4.69, 9.17) is 10.5 Å². The first-order valence-corrected chi connectivity index (χ1v) is 6.66. The number of esters is 1. The standard InChI is InChI=1S/C14H19N3O3/c1-3-20-14(19)10-5-4-6-11(15)12(10)17-8-7-16-13(18)9(17)2/h4-6,9H,3,7-8,15H2,1-2H3,(H,16,18). The Kier molecular flexibility index (Phi) is 4.12. The third-order valence-corrected chi connectivity index (χ3v) is 3.35. The number of rotatable bonds is 3. The SMILES string of the molecule is CCOC(=O)c1cccc(N)c1N1CCNC(=O)C1C. The fraction of sp³-hybridized carbons (Fsp3) is 0.429. The molecule has 6 heteroatoms. The number of carbonyl (C=O) groups excluding carboxylic acids is 2. The first kappa shape index (κ1) is 14.2. The molecule has 20 heavy (non-hydrogen) atoms. The monoisotopic (exact) mass is 277 g/mol. The van der Waals surface area contributed by atoms with Gasteiger partial charge in [-0.2, -0.15) is 0 Å². The zero-order valence-corrected chi connectivity index (χ0v) is 11.7. The second kappa shape index (κ2) is 5.81. The van der Waals surface area contributed by atoms with E-state index in [0.29, 0.717) is 36.6 Å². The normalized spacial score (nSPS) is 18.6. The number of piperazine rings is 1. The van der Waals surface area contributed by atoms with Crippen LogP contribution in [0.1, 0.15) is 24.2 Å². The number of nitrogens with zero attached hydrogens (tertiary/aromatic N) is 1. The Hall–Kier alpha value is -2.24. The Bertz CT molecular complexity index is 530. The quantitative estimate of drug-likeness (QED) is 0.629. The van der Waals surface area contributed by atoms with Gasteiger partial charge in [0.2, 0.25) is 5.91 Å². The van der Waals surface area contributed by atoms with Gasteiger partial charge in [0.05, 0.1) is 23.5 Å². The molecule has 0 bridgehead atoms. The Balaban J connectivity index is 2.44. The van der Waals surface area contributed by atoms with Gasteiger partial charge in [0, 0.05) is 13.1 Å². The minimum atomic E-state index is -0.423. The van der Waals surface area contributed by atoms with Gasteiger partial charge in [-0.1, -0.05) is 6.07 Å². The van der Waals surface area contributed by atoms with Gasteiger partial charge in [0.15, 0.2) is 0 Å². The molecule has 1 aromatic rings. The van der Waals surface area contributed by atoms with Crippen molar-refractivity contribution in [3.63, 3.8) is 0 Å². The largest absolute Gasteiger partial charge is 0.462 e. The van der Waals surface area contributed by atoms with Gasteiger partial charge in [-0.05, 0) is 26.0 Å². The van der Waals surface area contributed by atoms with Crippen molar-refractivity contribution >= 4 is 23.3 Å². The molecule has 1 atom stereocenters. The summed E-state index contributed by atoms with van der Waals surface area (Å²) in [6.45, 7) is 4.97. The predicted octanol–water partition coefficient (Wildman–Crippen LogP) is 0.770. The molecule has 1 heterocycles. The molecule has 6 nitrogen and oxygen atoms in total. The molecule has 1 aliphatic rings. The molecule has 1 aromatic carbocycles. The molecule has 0 aliphatic carbocycles. The lowest BCUT2D eigenvalue weighted by atomic mass is 10.1. The number of ether oxygens (including phenoxy) is 1. The molecule has 0 saturated carbocycles. The molecule has 1 unspecified atom stereocenters. The second-order valence-electron chi connectivity index (χ2n) is 4.62. The van der Waals surface area contributed by atoms with E-state index >= 15 is 0 Å². The van der Waals surface area contributed by atoms with E-state index in [-0.39, 0.29) is 11.9 Å². The molecule has 1 saturated heterocycles. The fourth-order valence-corrected chi connectivity index (χ4v) is 2.34. The molecule has 108 valence electrons. The molecule has 1 fully saturated rings. The average Bonchev–Trinajstić information content (AvgIpc) is 2.42. The number of anilines is 2. The highest BCUT2D eigenvalue weighted by atomic mass is 16.5. The van der Waals surface area contributed by atoms with Crippen LogP contribution < -0.4 is 16.0 Å². The highest BCUT2D eigenvalue weighted by Crippen LogP contribution is 2.30. The molecule has 2 rings (SSSR count). The minimum Gasteiger partial charge on any atom is -0.462 e. The summed E-state index contributed by atoms with van der Waals surface area (Å²) in [6.07, 6.45) is 0. The van der Waals surface area contributed by atoms with Crippen molar-refractivity contribution in [2.24, 2.45) is 0 Å². The summed E-state index contributed by atoms with van der Waals surface area (Å²) in [7, 11) is 0. The predicted molar refractivity (Wildman–Crippen MR) is 76.6 cm³/mol. The highest BCUT2D eigenvalue weighted by Gasteiger charge is 2.30. The molecule has 3 N–H and O–H groups in total. The van der Waals surface area contributed by atoms with Gasteiger partial charge < -0.3 is 20.7 Å². The van der Waals surface area contributed by atoms with Crippen LogP contribution >= 0.6 is 0 Å². The maximum atomic E-state index is 12.0. The van der Waals surface area contributed by atoms with Crippen molar-refractivity contribution in [1.82, 2.24) is 5.32 Å². The van der Waals surface area contributed by atoms with Gasteiger partial charge in [0.1, 0.15) is 6.04 Å². The number of hydrogen-bond donors (Lipinski definition) is 2. The van der Waals surface area contributed by atoms with Crippen molar-refractivity contribution in [3.05, 3.63) is 23.8 Å². The van der Waals surface area contributed by atoms with Crippen molar-refractivity contribution in [3.8, 4) is 0 Å². The maximum Gasteiger partial charge on any atom is 0.340 e. The Morgan fingerprint density at radius 3 is 3.00 bits per heavy atom. The van der Waals surface area contributed by atoms with Crippen LogP contribution in [0.2, 0.25) is 0 Å². The lowest BCUT2D eigenvalue weighted by molar-refractivity contribution is -0.122. The number of carbonyl (C=O) groups is 2. The van der Waals surface area contributed by atoms with Crippen molar-refractivity contribution in [1.29, 1.82) is 0 Å². The first-order valence-electron chi connectivity index (χ1n) is 6.66. The molecule has 1 aliphatic heterocycles. The smallest absolute Gasteiger partial charge is 0.340 e. The maximum absolute atomic E-state index is 12.0. The van der Waals surface area contributed by atoms with E-state index in [1.54, 1.807) is 32.0 Å². The average molecular weight is 277 g/mol. The molecular weight excluding hydrogens is 258 g/mol. The Labute approximate surface area is 117 Å². The van der Waals surface area contributed by atoms with E-state index in [2.05, 4.69) is 5.32 Å². The number of nitrogen functional groups attached to an aromatic ring is 1. The van der Waals surface area contributed by atoms with Crippen molar-refractivity contribution < 1.29 is 14.3 Å². The molecule has 0 spiro atoms. The summed E-state index contributed by atoms with van der Waals surface area (Å²) in [6, 6.07) is 4.72. The lowest BCUT2D eigenvalue weighted by Crippen LogP contribution is -2.54. The van der Waals surface area contributed by atoms with Crippen LogP contribution in [0, 0.1) is 0 Å². The van der Waals surface area contributed by atoms with Gasteiger partial charge in [-0.15, -0.1) is 0 Å². The number of nitrogens with two attached hydrogens (primary N) is 1. The van der Waals surface area contributed by atoms with Gasteiger partial charge >= 0.3 is 5.97 Å². The Morgan fingerprint density at radius 2 is 2.30 bits per heavy atom. The van der Waals surface area contributed by atoms with E-state index in [9.17, 15) is 9.59 Å². The van der Waals surface area contributed by atoms with Crippen LogP contribution in [0.5, 0.6) is 0 Å². The summed E-state index contributed by atoms with van der Waals surface area (Å²) in [4.78, 5) is 25.7. The third-order valence-electron chi connectivity index (χ3n) is 3.35. The van der Waals surface area contributed by atoms with Gasteiger partial charge in [0.25, 0.3) is 0 Å². The van der Waals surface area contributed by atoms with Crippen LogP contribution in [0.25, 0.3) is 0 Å². The van der Waals surface area contributed by atoms with E-state index in [0.717, 1.165) is 0 Å². The van der Waals surface area contributed by atoms with Crippen LogP contribution in [-0.4, -0.2) is 37.6 Å². The lowest BCUT2D eigenvalue weighted by Gasteiger charge is -2.36. The first-order chi connectivity index (χ1) is 9.56. The number of para-hydroxylation sites is 1. The van der Waals surface area contributed by atoms with Gasteiger partial charge in [-0.3, -0.25) is 4.79 Å². The Morgan fingerprint density at radius 1 is 1.55 bits per heavy atom. The molecular formula is C14H19N3O3. The third kappa shape index (κ3) is 2.54. The van der Waals surface area contributed by atoms with E-state index in [1.807, 2.05) is 4.90 Å². The second-order valence-corrected chi connectivity index (χ2v) is 4.62. The summed E-state index contributed by atoms with van der Waals surface area (Å²) in [5, 5.41) is 2.79. The van der Waals surface area contributed by atoms with Crippen molar-refractivity contribution in [2.45, 2.75) is 19.9 Å². The van der Waals surface area contributed by atoms with Gasteiger partial charge in [-0.25, -0.2) is 4.79 Å². The number of hydrogen-bond acceptors (Lipinski definition) is 5. The summed E-state index contributed by atoms with van der Waals surface area (Å²) in [5.41, 5.74) is 7.46. The molecule has 0 radical (unpaired) electrons. The topological polar surface area (TPSA) is 84.7 Å². The van der Waals surface area contributed by atoms with Crippen LogP contribution in [0.15, 0.2) is 18.2 Å². The summed E-state index contributed by atoms with van der Waals surface area (Å²) >= 11 is 0. The summed E-state index contributed by atoms with van der Waals surface area (Å²) < 4.78 is 5.05. The van der Waals surface area contributed by atoms with Crippen molar-refractivity contribution in [2.75, 3.05) is 30.3 Å². The zero-order chi connectivity index (χ0) is 14.7. The highest BCUT2D eigenvalue weighted by molar-refractivity contribution is 6.00. The molecule has 1 amide bonds. The summed E-state index contributed by atoms with van der Waals surface area (Å²) in [5.74, 6) is -0.498. The molecule has 0 aromatic heterocycles. The van der Waals surface area contributed by atoms with Crippen LogP contribution in [-0.2, 0) is 9.53 Å². The number of nitrogens with one attached hydrogen (secondary N) is 1. The number of amides is 1. The van der Waals surface area contributed by atoms with E-state index < -0.39 is 5.97 Å². The van der Waals surface area contributed by atoms with Crippen LogP contribution in [0.3, 0.4) is 0 Å². The van der Waals surface area contributed by atoms with E-state index in [1.165, 1.54) is 0 Å². The van der Waals surface area contributed by atoms with Crippen LogP contribution in [0.4, 0.5) is 11.4 Å². The number of benzene rings is 1.